The van der Waals surface area contributed by atoms with Gasteiger partial charge in [-0.05, 0) is 54.4 Å². The molecule has 2 aromatic carbocycles. The van der Waals surface area contributed by atoms with Crippen molar-refractivity contribution in [2.45, 2.75) is 13.3 Å². The second kappa shape index (κ2) is 11.6. The molecule has 0 aliphatic rings. The molecule has 0 atom stereocenters. The maximum Gasteiger partial charge on any atom is 0.259 e. The Labute approximate surface area is 204 Å². The van der Waals surface area contributed by atoms with E-state index >= 15 is 0 Å². The van der Waals surface area contributed by atoms with E-state index in [0.717, 1.165) is 18.5 Å². The molecule has 0 unspecified atom stereocenters. The lowest BCUT2D eigenvalue weighted by Gasteiger charge is -2.21. The van der Waals surface area contributed by atoms with Gasteiger partial charge in [0.05, 0.1) is 17.5 Å². The van der Waals surface area contributed by atoms with Gasteiger partial charge in [-0.1, -0.05) is 36.6 Å². The fraction of sp³-hybridized carbons (Fsp3) is 0.154. The Morgan fingerprint density at radius 3 is 2.59 bits per heavy atom. The Morgan fingerprint density at radius 2 is 1.97 bits per heavy atom. The van der Waals surface area contributed by atoms with Crippen LogP contribution in [0, 0.1) is 12.3 Å². The molecule has 1 aromatic heterocycles. The Hall–Kier alpha value is -4.15. The molecule has 34 heavy (non-hydrogen) atoms. The molecule has 172 valence electrons. The molecule has 0 spiro atoms. The van der Waals surface area contributed by atoms with Crippen LogP contribution in [0.3, 0.4) is 0 Å². The average Bonchev–Trinajstić information content (AvgIpc) is 2.85. The molecular weight excluding hydrogens is 450 g/mol. The number of carbonyl (C=O) groups is 2. The zero-order valence-corrected chi connectivity index (χ0v) is 19.7. The van der Waals surface area contributed by atoms with Gasteiger partial charge in [0.25, 0.3) is 5.91 Å². The number of terminal acetylenes is 1. The van der Waals surface area contributed by atoms with E-state index in [0.29, 0.717) is 34.2 Å². The van der Waals surface area contributed by atoms with Crippen LogP contribution in [0.25, 0.3) is 0 Å². The molecule has 3 rings (SSSR count). The molecule has 0 aliphatic carbocycles. The van der Waals surface area contributed by atoms with Crippen molar-refractivity contribution in [3.8, 4) is 12.3 Å². The quantitative estimate of drug-likeness (QED) is 0.207. The maximum atomic E-state index is 13.0. The lowest BCUT2D eigenvalue weighted by atomic mass is 10.1. The number of aromatic nitrogens is 1. The highest BCUT2D eigenvalue weighted by molar-refractivity contribution is 6.31. The van der Waals surface area contributed by atoms with E-state index in [-0.39, 0.29) is 5.56 Å². The predicted molar refractivity (Wildman–Crippen MR) is 137 cm³/mol. The fourth-order valence-corrected chi connectivity index (χ4v) is 3.33. The Bertz CT molecular complexity index is 1220. The van der Waals surface area contributed by atoms with Gasteiger partial charge in [0.1, 0.15) is 5.82 Å². The summed E-state index contributed by atoms with van der Waals surface area (Å²) in [5, 5.41) is 9.31. The minimum atomic E-state index is -0.465. The summed E-state index contributed by atoms with van der Waals surface area (Å²) in [7, 11) is 1.91. The zero-order valence-electron chi connectivity index (χ0n) is 18.9. The number of halogens is 1. The fourth-order valence-electron chi connectivity index (χ4n) is 3.16. The highest BCUT2D eigenvalue weighted by Crippen LogP contribution is 2.30. The van der Waals surface area contributed by atoms with Crippen LogP contribution < -0.4 is 10.2 Å². The van der Waals surface area contributed by atoms with Crippen LogP contribution in [0.1, 0.15) is 34.8 Å². The lowest BCUT2D eigenvalue weighted by molar-refractivity contribution is -0.106. The third-order valence-electron chi connectivity index (χ3n) is 4.86. The average molecular weight is 474 g/mol. The van der Waals surface area contributed by atoms with Gasteiger partial charge < -0.3 is 10.3 Å². The largest absolute Gasteiger partial charge is 0.306 e. The molecule has 0 saturated carbocycles. The van der Waals surface area contributed by atoms with Gasteiger partial charge in [0, 0.05) is 36.1 Å². The number of benzene rings is 2. The highest BCUT2D eigenvalue weighted by atomic mass is 35.5. The molecule has 1 N–H and O–H groups in total. The molecule has 0 saturated heterocycles. The summed E-state index contributed by atoms with van der Waals surface area (Å²) >= 11 is 6.16. The molecule has 0 aliphatic heterocycles. The number of hydrazone groups is 1. The van der Waals surface area contributed by atoms with Crippen LogP contribution in [0.4, 0.5) is 17.2 Å². The number of amides is 2. The normalized spacial score (nSPS) is 10.5. The van der Waals surface area contributed by atoms with Gasteiger partial charge in [0.2, 0.25) is 6.41 Å². The number of hydrogen-bond donors (Lipinski definition) is 1. The van der Waals surface area contributed by atoms with Crippen molar-refractivity contribution >= 4 is 47.3 Å². The summed E-state index contributed by atoms with van der Waals surface area (Å²) in [5.41, 5.74) is 2.66. The Kier molecular flexibility index (Phi) is 8.38. The minimum Gasteiger partial charge on any atom is -0.306 e. The summed E-state index contributed by atoms with van der Waals surface area (Å²) in [6.07, 6.45) is 10.2. The number of pyridine rings is 1. The Balaban J connectivity index is 1.86. The van der Waals surface area contributed by atoms with Crippen LogP contribution in [0.15, 0.2) is 65.9 Å². The number of hydrogen-bond acceptors (Lipinski definition) is 5. The SMILES string of the molecule is C#Cc1ccc(NC(=O)c2cc(Cl)ccc2N(C=O)c2ccc(C=NN(C)CCC)cc2)nc1. The third kappa shape index (κ3) is 6.21. The summed E-state index contributed by atoms with van der Waals surface area (Å²) in [5.74, 6) is 2.33. The van der Waals surface area contributed by atoms with Gasteiger partial charge in [-0.15, -0.1) is 6.42 Å². The zero-order chi connectivity index (χ0) is 24.5. The van der Waals surface area contributed by atoms with Crippen molar-refractivity contribution < 1.29 is 9.59 Å². The van der Waals surface area contributed by atoms with E-state index < -0.39 is 5.91 Å². The first-order valence-corrected chi connectivity index (χ1v) is 11.0. The second-order valence-corrected chi connectivity index (χ2v) is 7.82. The van der Waals surface area contributed by atoms with E-state index in [1.165, 1.54) is 17.2 Å². The van der Waals surface area contributed by atoms with Crippen molar-refractivity contribution in [2.75, 3.05) is 23.8 Å². The molecule has 0 fully saturated rings. The van der Waals surface area contributed by atoms with Gasteiger partial charge in [-0.3, -0.25) is 14.5 Å². The molecule has 0 bridgehead atoms. The van der Waals surface area contributed by atoms with Crippen LogP contribution in [0.2, 0.25) is 5.02 Å². The van der Waals surface area contributed by atoms with E-state index in [9.17, 15) is 9.59 Å². The number of anilines is 3. The first kappa shape index (κ1) is 24.5. The first-order chi connectivity index (χ1) is 16.4. The van der Waals surface area contributed by atoms with E-state index in [1.54, 1.807) is 42.6 Å². The van der Waals surface area contributed by atoms with E-state index in [4.69, 9.17) is 18.0 Å². The van der Waals surface area contributed by atoms with Crippen molar-refractivity contribution in [3.05, 3.63) is 82.5 Å². The number of carbonyl (C=O) groups excluding carboxylic acids is 2. The molecule has 2 amide bonds. The van der Waals surface area contributed by atoms with Gasteiger partial charge in [-0.2, -0.15) is 5.10 Å². The monoisotopic (exact) mass is 473 g/mol. The van der Waals surface area contributed by atoms with Gasteiger partial charge in [0.15, 0.2) is 0 Å². The van der Waals surface area contributed by atoms with Gasteiger partial charge >= 0.3 is 0 Å². The van der Waals surface area contributed by atoms with E-state index in [2.05, 4.69) is 28.2 Å². The number of nitrogens with one attached hydrogen (secondary N) is 1. The lowest BCUT2D eigenvalue weighted by Crippen LogP contribution is -2.21. The van der Waals surface area contributed by atoms with Crippen LogP contribution >= 0.6 is 11.6 Å². The molecule has 3 aromatic rings. The van der Waals surface area contributed by atoms with Crippen LogP contribution in [0.5, 0.6) is 0 Å². The summed E-state index contributed by atoms with van der Waals surface area (Å²) < 4.78 is 0. The standard InChI is InChI=1S/C26H24ClN5O2/c1-4-14-31(3)29-17-20-6-10-22(11-7-20)32(18-33)24-12-9-21(27)15-23(24)26(34)30-25-13-8-19(5-2)16-28-25/h2,6-13,15-18H,4,14H2,1,3H3,(H,28,30,34). The number of rotatable bonds is 9. The van der Waals surface area contributed by atoms with E-state index in [1.807, 2.05) is 24.2 Å². The molecule has 1 heterocycles. The topological polar surface area (TPSA) is 77.9 Å². The van der Waals surface area contributed by atoms with Crippen molar-refractivity contribution in [1.29, 1.82) is 0 Å². The minimum absolute atomic E-state index is 0.217. The third-order valence-corrected chi connectivity index (χ3v) is 5.10. The van der Waals surface area contributed by atoms with Crippen molar-refractivity contribution in [2.24, 2.45) is 5.10 Å². The first-order valence-electron chi connectivity index (χ1n) is 10.6. The maximum absolute atomic E-state index is 13.0. The number of nitrogens with zero attached hydrogens (tertiary/aromatic N) is 4. The molecule has 0 radical (unpaired) electrons. The second-order valence-electron chi connectivity index (χ2n) is 7.38. The van der Waals surface area contributed by atoms with Gasteiger partial charge in [-0.25, -0.2) is 4.98 Å². The molecule has 7 nitrogen and oxygen atoms in total. The summed E-state index contributed by atoms with van der Waals surface area (Å²) in [4.78, 5) is 30.6. The molecule has 8 heteroatoms. The van der Waals surface area contributed by atoms with Crippen molar-refractivity contribution in [3.63, 3.8) is 0 Å². The van der Waals surface area contributed by atoms with Crippen molar-refractivity contribution in [1.82, 2.24) is 9.99 Å². The molecular formula is C26H24ClN5O2. The summed E-state index contributed by atoms with van der Waals surface area (Å²) in [6.45, 7) is 2.95. The smallest absolute Gasteiger partial charge is 0.259 e. The van der Waals surface area contributed by atoms with Crippen LogP contribution in [-0.2, 0) is 4.79 Å². The summed E-state index contributed by atoms with van der Waals surface area (Å²) in [6, 6.07) is 15.3. The highest BCUT2D eigenvalue weighted by Gasteiger charge is 2.19. The predicted octanol–water partition coefficient (Wildman–Crippen LogP) is 4.94. The van der Waals surface area contributed by atoms with Crippen LogP contribution in [-0.4, -0.2) is 42.1 Å². The Morgan fingerprint density at radius 1 is 1.21 bits per heavy atom.